The van der Waals surface area contributed by atoms with E-state index in [1.54, 1.807) is 6.20 Å². The van der Waals surface area contributed by atoms with Gasteiger partial charge in [0.05, 0.1) is 12.2 Å². The van der Waals surface area contributed by atoms with Gasteiger partial charge in [0.2, 0.25) is 0 Å². The first-order chi connectivity index (χ1) is 14.3. The molecule has 1 atom stereocenters. The average molecular weight is 422 g/mol. The maximum atomic E-state index is 13.5. The van der Waals surface area contributed by atoms with E-state index < -0.39 is 0 Å². The number of aromatic nitrogens is 1. The Balaban J connectivity index is 0.00000256. The Bertz CT molecular complexity index is 908. The molecule has 1 aromatic heterocycles. The van der Waals surface area contributed by atoms with Crippen LogP contribution in [-0.4, -0.2) is 34.9 Å². The van der Waals surface area contributed by atoms with Gasteiger partial charge in [-0.3, -0.25) is 9.78 Å². The molecule has 1 N–H and O–H groups in total. The van der Waals surface area contributed by atoms with Gasteiger partial charge in [-0.1, -0.05) is 48.5 Å². The Morgan fingerprint density at radius 3 is 2.37 bits per heavy atom. The zero-order chi connectivity index (χ0) is 19.9. The molecule has 1 aliphatic heterocycles. The molecule has 5 heteroatoms. The molecule has 0 spiro atoms. The van der Waals surface area contributed by atoms with Crippen LogP contribution in [0, 0.1) is 0 Å². The van der Waals surface area contributed by atoms with Gasteiger partial charge >= 0.3 is 0 Å². The number of hydrogen-bond acceptors (Lipinski definition) is 3. The number of nitrogens with one attached hydrogen (secondary N) is 1. The highest BCUT2D eigenvalue weighted by Gasteiger charge is 2.26. The molecule has 156 valence electrons. The lowest BCUT2D eigenvalue weighted by molar-refractivity contribution is 0.0642. The van der Waals surface area contributed by atoms with E-state index in [0.29, 0.717) is 6.54 Å². The van der Waals surface area contributed by atoms with Crippen molar-refractivity contribution in [1.29, 1.82) is 0 Å². The third kappa shape index (κ3) is 5.47. The summed E-state index contributed by atoms with van der Waals surface area (Å²) >= 11 is 0. The monoisotopic (exact) mass is 421 g/mol. The van der Waals surface area contributed by atoms with Crippen molar-refractivity contribution in [3.63, 3.8) is 0 Å². The maximum Gasteiger partial charge on any atom is 0.254 e. The molecular weight excluding hydrogens is 394 g/mol. The fourth-order valence-electron chi connectivity index (χ4n) is 3.95. The summed E-state index contributed by atoms with van der Waals surface area (Å²) in [6, 6.07) is 24.3. The van der Waals surface area contributed by atoms with Crippen molar-refractivity contribution in [2.75, 3.05) is 13.1 Å². The summed E-state index contributed by atoms with van der Waals surface area (Å²) in [4.78, 5) is 20.0. The van der Waals surface area contributed by atoms with E-state index in [-0.39, 0.29) is 24.4 Å². The molecule has 1 saturated heterocycles. The van der Waals surface area contributed by atoms with Gasteiger partial charge in [0.15, 0.2) is 0 Å². The molecule has 4 nitrogen and oxygen atoms in total. The van der Waals surface area contributed by atoms with Gasteiger partial charge in [-0.2, -0.15) is 0 Å². The largest absolute Gasteiger partial charge is 0.330 e. The minimum absolute atomic E-state index is 0. The Hall–Kier alpha value is -2.69. The fraction of sp³-hybridized carbons (Fsp3) is 0.280. The van der Waals surface area contributed by atoms with Crippen LogP contribution < -0.4 is 5.32 Å². The van der Waals surface area contributed by atoms with Crippen molar-refractivity contribution < 1.29 is 4.79 Å². The summed E-state index contributed by atoms with van der Waals surface area (Å²) < 4.78 is 0. The number of halogens is 1. The third-order valence-corrected chi connectivity index (χ3v) is 5.54. The second-order valence-corrected chi connectivity index (χ2v) is 7.53. The Morgan fingerprint density at radius 2 is 1.63 bits per heavy atom. The number of carbonyl (C=O) groups excluding carboxylic acids is 1. The molecule has 0 radical (unpaired) electrons. The minimum Gasteiger partial charge on any atom is -0.330 e. The lowest BCUT2D eigenvalue weighted by atomic mass is 10.0. The Labute approximate surface area is 184 Å². The Kier molecular flexibility index (Phi) is 8.00. The molecule has 2 heterocycles. The van der Waals surface area contributed by atoms with Crippen molar-refractivity contribution in [3.8, 4) is 11.1 Å². The zero-order valence-corrected chi connectivity index (χ0v) is 17.9. The first-order valence-electron chi connectivity index (χ1n) is 10.4. The highest BCUT2D eigenvalue weighted by Crippen LogP contribution is 2.23. The molecule has 3 aromatic rings. The van der Waals surface area contributed by atoms with E-state index in [9.17, 15) is 4.79 Å². The number of pyridine rings is 1. The van der Waals surface area contributed by atoms with E-state index in [2.05, 4.69) is 22.4 Å². The van der Waals surface area contributed by atoms with Crippen LogP contribution in [0.4, 0.5) is 0 Å². The zero-order valence-electron chi connectivity index (χ0n) is 17.0. The van der Waals surface area contributed by atoms with Gasteiger partial charge < -0.3 is 10.2 Å². The van der Waals surface area contributed by atoms with Gasteiger partial charge in [-0.05, 0) is 67.7 Å². The number of hydrogen-bond donors (Lipinski definition) is 1. The van der Waals surface area contributed by atoms with Crippen LogP contribution in [0.25, 0.3) is 11.1 Å². The summed E-state index contributed by atoms with van der Waals surface area (Å²) in [6.45, 7) is 2.52. The van der Waals surface area contributed by atoms with Gasteiger partial charge in [-0.15, -0.1) is 12.4 Å². The summed E-state index contributed by atoms with van der Waals surface area (Å²) in [7, 11) is 0. The van der Waals surface area contributed by atoms with E-state index in [4.69, 9.17) is 0 Å². The van der Waals surface area contributed by atoms with Crippen LogP contribution in [0.15, 0.2) is 79.0 Å². The van der Waals surface area contributed by atoms with Gasteiger partial charge in [-0.25, -0.2) is 0 Å². The van der Waals surface area contributed by atoms with Crippen molar-refractivity contribution in [2.24, 2.45) is 0 Å². The average Bonchev–Trinajstić information content (AvgIpc) is 3.08. The van der Waals surface area contributed by atoms with Crippen LogP contribution in [0.5, 0.6) is 0 Å². The van der Waals surface area contributed by atoms with Gasteiger partial charge in [0.25, 0.3) is 5.91 Å². The topological polar surface area (TPSA) is 45.2 Å². The molecule has 30 heavy (non-hydrogen) atoms. The quantitative estimate of drug-likeness (QED) is 0.633. The predicted octanol–water partition coefficient (Wildman–Crippen LogP) is 4.95. The second kappa shape index (κ2) is 10.9. The smallest absolute Gasteiger partial charge is 0.254 e. The first-order valence-corrected chi connectivity index (χ1v) is 10.4. The molecular formula is C25H28ClN3O. The second-order valence-electron chi connectivity index (χ2n) is 7.53. The number of carbonyl (C=O) groups is 1. The molecule has 1 unspecified atom stereocenters. The molecule has 1 fully saturated rings. The normalized spacial score (nSPS) is 16.2. The van der Waals surface area contributed by atoms with Crippen LogP contribution in [0.3, 0.4) is 0 Å². The highest BCUT2D eigenvalue weighted by molar-refractivity contribution is 5.95. The molecule has 1 aliphatic rings. The van der Waals surface area contributed by atoms with E-state index in [1.807, 2.05) is 65.6 Å². The molecule has 2 aromatic carbocycles. The van der Waals surface area contributed by atoms with E-state index >= 15 is 0 Å². The maximum absolute atomic E-state index is 13.5. The molecule has 4 rings (SSSR count). The molecule has 0 bridgehead atoms. The fourth-order valence-corrected chi connectivity index (χ4v) is 3.95. The number of nitrogens with zero attached hydrogens (tertiary/aromatic N) is 2. The summed E-state index contributed by atoms with van der Waals surface area (Å²) in [5.41, 5.74) is 3.94. The van der Waals surface area contributed by atoms with Crippen LogP contribution in [-0.2, 0) is 6.54 Å². The van der Waals surface area contributed by atoms with E-state index in [1.165, 1.54) is 0 Å². The molecule has 0 saturated carbocycles. The lowest BCUT2D eigenvalue weighted by Gasteiger charge is -2.31. The standard InChI is InChI=1S/C25H27N3O.ClH/c29-25(22-13-11-21(12-14-22)20-7-2-1-3-8-20)28(19-23-9-4-5-17-27-23)24-10-6-16-26-18-15-24;/h1-5,7-9,11-14,17,24,26H,6,10,15-16,18-19H2;1H. The van der Waals surface area contributed by atoms with Crippen molar-refractivity contribution >= 4 is 18.3 Å². The Morgan fingerprint density at radius 1 is 0.900 bits per heavy atom. The number of rotatable bonds is 5. The van der Waals surface area contributed by atoms with Crippen molar-refractivity contribution in [2.45, 2.75) is 31.8 Å². The number of benzene rings is 2. The summed E-state index contributed by atoms with van der Waals surface area (Å²) in [5, 5.41) is 3.45. The van der Waals surface area contributed by atoms with Gasteiger partial charge in [0.1, 0.15) is 0 Å². The van der Waals surface area contributed by atoms with Crippen LogP contribution >= 0.6 is 12.4 Å². The summed E-state index contributed by atoms with van der Waals surface area (Å²) in [5.74, 6) is 0.0853. The molecule has 1 amide bonds. The minimum atomic E-state index is 0. The van der Waals surface area contributed by atoms with E-state index in [0.717, 1.165) is 54.7 Å². The van der Waals surface area contributed by atoms with Crippen LogP contribution in [0.2, 0.25) is 0 Å². The van der Waals surface area contributed by atoms with Crippen molar-refractivity contribution in [3.05, 3.63) is 90.3 Å². The third-order valence-electron chi connectivity index (χ3n) is 5.54. The number of amides is 1. The lowest BCUT2D eigenvalue weighted by Crippen LogP contribution is -2.40. The van der Waals surface area contributed by atoms with Crippen LogP contribution in [0.1, 0.15) is 35.3 Å². The van der Waals surface area contributed by atoms with Gasteiger partial charge in [0, 0.05) is 17.8 Å². The molecule has 0 aliphatic carbocycles. The SMILES string of the molecule is Cl.O=C(c1ccc(-c2ccccc2)cc1)N(Cc1ccccn1)C1CCCNCC1. The highest BCUT2D eigenvalue weighted by atomic mass is 35.5. The summed E-state index contributed by atoms with van der Waals surface area (Å²) in [6.07, 6.45) is 4.87. The predicted molar refractivity (Wildman–Crippen MR) is 124 cm³/mol. The van der Waals surface area contributed by atoms with Crippen molar-refractivity contribution in [1.82, 2.24) is 15.2 Å². The first kappa shape index (κ1) is 22.0.